The lowest BCUT2D eigenvalue weighted by Crippen LogP contribution is -2.35. The van der Waals surface area contributed by atoms with E-state index >= 15 is 0 Å². The van der Waals surface area contributed by atoms with E-state index in [4.69, 9.17) is 16.9 Å². The molecule has 1 heterocycles. The van der Waals surface area contributed by atoms with E-state index in [1.165, 1.54) is 19.3 Å². The maximum atomic E-state index is 9.01. The molecule has 1 saturated heterocycles. The van der Waals surface area contributed by atoms with Gasteiger partial charge in [0.25, 0.3) is 0 Å². The third-order valence-corrected chi connectivity index (χ3v) is 2.97. The van der Waals surface area contributed by atoms with Crippen molar-refractivity contribution in [3.63, 3.8) is 0 Å². The van der Waals surface area contributed by atoms with Crippen LogP contribution < -0.4 is 5.43 Å². The zero-order valence-electron chi connectivity index (χ0n) is 9.04. The maximum Gasteiger partial charge on any atom is 0.101 e. The van der Waals surface area contributed by atoms with Gasteiger partial charge in [-0.25, -0.2) is 5.01 Å². The molecular formula is C12H14ClN3. The van der Waals surface area contributed by atoms with Crippen LogP contribution in [-0.4, -0.2) is 18.1 Å². The number of hydrazine groups is 1. The standard InChI is InChI=1S/C12H14ClN3/c13-11-4-5-12(10(8-11)9-14)15-16-6-2-1-3-7-16/h4-5,8,15H,1-3,6-7H2. The van der Waals surface area contributed by atoms with Crippen molar-refractivity contribution < 1.29 is 0 Å². The molecule has 1 aromatic carbocycles. The summed E-state index contributed by atoms with van der Waals surface area (Å²) in [4.78, 5) is 0. The fourth-order valence-corrected chi connectivity index (χ4v) is 2.05. The van der Waals surface area contributed by atoms with Crippen molar-refractivity contribution in [3.8, 4) is 6.07 Å². The van der Waals surface area contributed by atoms with Gasteiger partial charge in [-0.3, -0.25) is 0 Å². The summed E-state index contributed by atoms with van der Waals surface area (Å²) in [6.45, 7) is 2.07. The molecule has 4 heteroatoms. The highest BCUT2D eigenvalue weighted by Gasteiger charge is 2.11. The number of rotatable bonds is 2. The molecule has 0 saturated carbocycles. The summed E-state index contributed by atoms with van der Waals surface area (Å²) < 4.78 is 0. The molecule has 0 radical (unpaired) electrons. The molecule has 0 spiro atoms. The molecule has 1 aliphatic rings. The minimum atomic E-state index is 0.595. The van der Waals surface area contributed by atoms with Crippen LogP contribution in [0.3, 0.4) is 0 Å². The van der Waals surface area contributed by atoms with Crippen LogP contribution in [0.15, 0.2) is 18.2 Å². The van der Waals surface area contributed by atoms with Crippen LogP contribution in [0.5, 0.6) is 0 Å². The molecule has 0 bridgehead atoms. The molecule has 16 heavy (non-hydrogen) atoms. The van der Waals surface area contributed by atoms with Crippen LogP contribution in [0.25, 0.3) is 0 Å². The Hall–Kier alpha value is -1.24. The highest BCUT2D eigenvalue weighted by atomic mass is 35.5. The number of nitrogens with zero attached hydrogens (tertiary/aromatic N) is 2. The van der Waals surface area contributed by atoms with Crippen LogP contribution >= 0.6 is 11.6 Å². The molecule has 0 atom stereocenters. The van der Waals surface area contributed by atoms with Gasteiger partial charge in [0, 0.05) is 18.1 Å². The molecule has 1 aromatic rings. The zero-order valence-corrected chi connectivity index (χ0v) is 9.80. The van der Waals surface area contributed by atoms with Crippen molar-refractivity contribution in [1.29, 1.82) is 5.26 Å². The molecule has 1 aliphatic heterocycles. The minimum absolute atomic E-state index is 0.595. The van der Waals surface area contributed by atoms with Gasteiger partial charge in [0.2, 0.25) is 0 Å². The third kappa shape index (κ3) is 2.66. The van der Waals surface area contributed by atoms with Crippen molar-refractivity contribution in [3.05, 3.63) is 28.8 Å². The lowest BCUT2D eigenvalue weighted by molar-refractivity contribution is 0.273. The van der Waals surface area contributed by atoms with Crippen molar-refractivity contribution in [2.45, 2.75) is 19.3 Å². The highest BCUT2D eigenvalue weighted by molar-refractivity contribution is 6.30. The predicted octanol–water partition coefficient (Wildman–Crippen LogP) is 3.02. The monoisotopic (exact) mass is 235 g/mol. The van der Waals surface area contributed by atoms with Gasteiger partial charge in [-0.2, -0.15) is 5.26 Å². The van der Waals surface area contributed by atoms with Crippen LogP contribution in [0, 0.1) is 11.3 Å². The summed E-state index contributed by atoms with van der Waals surface area (Å²) in [7, 11) is 0. The summed E-state index contributed by atoms with van der Waals surface area (Å²) in [6, 6.07) is 7.50. The number of benzene rings is 1. The smallest absolute Gasteiger partial charge is 0.101 e. The van der Waals surface area contributed by atoms with E-state index in [-0.39, 0.29) is 0 Å². The van der Waals surface area contributed by atoms with Crippen molar-refractivity contribution in [2.75, 3.05) is 18.5 Å². The van der Waals surface area contributed by atoms with Gasteiger partial charge in [0.15, 0.2) is 0 Å². The average Bonchev–Trinajstić information content (AvgIpc) is 2.33. The molecule has 3 nitrogen and oxygen atoms in total. The van der Waals surface area contributed by atoms with Crippen molar-refractivity contribution in [1.82, 2.24) is 5.01 Å². The largest absolute Gasteiger partial charge is 0.318 e. The Bertz CT molecular complexity index is 405. The number of nitriles is 1. The lowest BCUT2D eigenvalue weighted by Gasteiger charge is -2.28. The van der Waals surface area contributed by atoms with Crippen LogP contribution in [0.4, 0.5) is 5.69 Å². The van der Waals surface area contributed by atoms with E-state index in [2.05, 4.69) is 16.5 Å². The Morgan fingerprint density at radius 3 is 2.69 bits per heavy atom. The number of nitrogens with one attached hydrogen (secondary N) is 1. The molecule has 0 amide bonds. The topological polar surface area (TPSA) is 39.1 Å². The number of anilines is 1. The van der Waals surface area contributed by atoms with Crippen LogP contribution in [-0.2, 0) is 0 Å². The number of hydrogen-bond donors (Lipinski definition) is 1. The van der Waals surface area contributed by atoms with Gasteiger partial charge < -0.3 is 5.43 Å². The first-order valence-corrected chi connectivity index (χ1v) is 5.88. The summed E-state index contributed by atoms with van der Waals surface area (Å²) in [6.07, 6.45) is 3.72. The summed E-state index contributed by atoms with van der Waals surface area (Å²) in [5.74, 6) is 0. The molecule has 2 rings (SSSR count). The zero-order chi connectivity index (χ0) is 11.4. The summed E-state index contributed by atoms with van der Waals surface area (Å²) in [5, 5.41) is 11.8. The van der Waals surface area contributed by atoms with E-state index in [0.29, 0.717) is 10.6 Å². The second-order valence-electron chi connectivity index (χ2n) is 3.96. The molecule has 84 valence electrons. The molecule has 1 fully saturated rings. The molecular weight excluding hydrogens is 222 g/mol. The van der Waals surface area contributed by atoms with Crippen LogP contribution in [0.1, 0.15) is 24.8 Å². The fraction of sp³-hybridized carbons (Fsp3) is 0.417. The quantitative estimate of drug-likeness (QED) is 0.857. The van der Waals surface area contributed by atoms with Gasteiger partial charge >= 0.3 is 0 Å². The third-order valence-electron chi connectivity index (χ3n) is 2.74. The summed E-state index contributed by atoms with van der Waals surface area (Å²) in [5.41, 5.74) is 4.72. The Morgan fingerprint density at radius 1 is 1.25 bits per heavy atom. The van der Waals surface area contributed by atoms with E-state index in [9.17, 15) is 0 Å². The molecule has 1 N–H and O–H groups in total. The first kappa shape index (κ1) is 11.3. The van der Waals surface area contributed by atoms with E-state index in [1.807, 2.05) is 6.07 Å². The van der Waals surface area contributed by atoms with Gasteiger partial charge in [0.05, 0.1) is 11.3 Å². The van der Waals surface area contributed by atoms with Gasteiger partial charge in [-0.15, -0.1) is 0 Å². The molecule has 0 unspecified atom stereocenters. The first-order valence-electron chi connectivity index (χ1n) is 5.51. The van der Waals surface area contributed by atoms with E-state index in [0.717, 1.165) is 18.8 Å². The van der Waals surface area contributed by atoms with Crippen molar-refractivity contribution >= 4 is 17.3 Å². The van der Waals surface area contributed by atoms with E-state index in [1.54, 1.807) is 12.1 Å². The minimum Gasteiger partial charge on any atom is -0.318 e. The SMILES string of the molecule is N#Cc1cc(Cl)ccc1NN1CCCCC1. The number of hydrogen-bond acceptors (Lipinski definition) is 3. The van der Waals surface area contributed by atoms with Gasteiger partial charge in [-0.1, -0.05) is 18.0 Å². The maximum absolute atomic E-state index is 9.01. The second-order valence-corrected chi connectivity index (χ2v) is 4.40. The molecule has 0 aromatic heterocycles. The van der Waals surface area contributed by atoms with Gasteiger partial charge in [-0.05, 0) is 31.0 Å². The Balaban J connectivity index is 2.11. The van der Waals surface area contributed by atoms with Crippen LogP contribution in [0.2, 0.25) is 5.02 Å². The molecule has 0 aliphatic carbocycles. The summed E-state index contributed by atoms with van der Waals surface area (Å²) >= 11 is 5.85. The Labute approximate surface area is 101 Å². The Kier molecular flexibility index (Phi) is 3.66. The number of piperidine rings is 1. The normalized spacial score (nSPS) is 16.8. The fourth-order valence-electron chi connectivity index (χ4n) is 1.88. The predicted molar refractivity (Wildman–Crippen MR) is 65.2 cm³/mol. The van der Waals surface area contributed by atoms with E-state index < -0.39 is 0 Å². The average molecular weight is 236 g/mol. The second kappa shape index (κ2) is 5.20. The highest BCUT2D eigenvalue weighted by Crippen LogP contribution is 2.21. The lowest BCUT2D eigenvalue weighted by atomic mass is 10.1. The first-order chi connectivity index (χ1) is 7.79. The van der Waals surface area contributed by atoms with Gasteiger partial charge in [0.1, 0.15) is 6.07 Å². The Morgan fingerprint density at radius 2 is 2.00 bits per heavy atom. The number of halogens is 1. The van der Waals surface area contributed by atoms with Crippen molar-refractivity contribution in [2.24, 2.45) is 0 Å².